The quantitative estimate of drug-likeness (QED) is 0.141. The van der Waals surface area contributed by atoms with E-state index in [0.717, 1.165) is 70.3 Å². The number of aromatic nitrogens is 6. The molecule has 0 aromatic carbocycles. The van der Waals surface area contributed by atoms with Crippen LogP contribution in [-0.2, 0) is 20.9 Å². The van der Waals surface area contributed by atoms with Crippen molar-refractivity contribution in [1.29, 1.82) is 0 Å². The molecule has 0 aliphatic carbocycles. The van der Waals surface area contributed by atoms with Crippen molar-refractivity contribution in [2.24, 2.45) is 4.99 Å². The Balaban J connectivity index is 1.18. The van der Waals surface area contributed by atoms with E-state index in [2.05, 4.69) is 35.9 Å². The van der Waals surface area contributed by atoms with Crippen molar-refractivity contribution in [2.45, 2.75) is 96.6 Å². The lowest BCUT2D eigenvalue weighted by Crippen LogP contribution is -2.42. The Morgan fingerprint density at radius 2 is 1.91 bits per heavy atom. The van der Waals surface area contributed by atoms with E-state index >= 15 is 0 Å². The minimum Gasteiger partial charge on any atom is -0.444 e. The fourth-order valence-electron chi connectivity index (χ4n) is 5.57. The number of rotatable bonds is 9. The maximum absolute atomic E-state index is 12.5. The van der Waals surface area contributed by atoms with Gasteiger partial charge < -0.3 is 19.1 Å². The predicted octanol–water partition coefficient (Wildman–Crippen LogP) is 6.72. The van der Waals surface area contributed by atoms with Crippen molar-refractivity contribution in [3.05, 3.63) is 46.6 Å². The first kappa shape index (κ1) is 33.4. The number of hydrogen-bond donors (Lipinski definition) is 0. The average molecular weight is 679 g/mol. The standard InChI is InChI=1S/C33H46N8O4SSi/c1-33(2,3)45-32(42)39-13-11-25(12-14-39)40-21-24(20-35-40)23-18-27-26(34-19-23)9-10-29(36-27)37-31-41(22-43-16-17-47(4,5)6)38-30(46-31)28-8-7-15-44-28/h9-10,18-21,25,28H,7-8,11-17,22H2,1-6H3. The van der Waals surface area contributed by atoms with E-state index in [4.69, 9.17) is 29.3 Å². The highest BCUT2D eigenvalue weighted by molar-refractivity contribution is 7.08. The molecule has 0 spiro atoms. The van der Waals surface area contributed by atoms with Crippen LogP contribution in [0.3, 0.4) is 0 Å². The Morgan fingerprint density at radius 1 is 1.11 bits per heavy atom. The van der Waals surface area contributed by atoms with Gasteiger partial charge >= 0.3 is 6.09 Å². The number of carbonyl (C=O) groups excluding carboxylic acids is 1. The van der Waals surface area contributed by atoms with Crippen molar-refractivity contribution < 1.29 is 19.0 Å². The first-order valence-corrected chi connectivity index (χ1v) is 21.0. The summed E-state index contributed by atoms with van der Waals surface area (Å²) in [5, 5.41) is 10.4. The summed E-state index contributed by atoms with van der Waals surface area (Å²) in [6.07, 6.45) is 9.17. The van der Waals surface area contributed by atoms with Crippen LogP contribution in [0.5, 0.6) is 0 Å². The third kappa shape index (κ3) is 8.72. The Hall–Kier alpha value is -3.46. The molecular formula is C33H46N8O4SSi. The van der Waals surface area contributed by atoms with Crippen molar-refractivity contribution in [3.8, 4) is 11.1 Å². The molecule has 1 amide bonds. The summed E-state index contributed by atoms with van der Waals surface area (Å²) in [6, 6.07) is 7.18. The summed E-state index contributed by atoms with van der Waals surface area (Å²) in [4.78, 5) is 29.5. The van der Waals surface area contributed by atoms with E-state index < -0.39 is 13.7 Å². The number of nitrogens with zero attached hydrogens (tertiary/aromatic N) is 8. The van der Waals surface area contributed by atoms with Gasteiger partial charge in [0.25, 0.3) is 0 Å². The lowest BCUT2D eigenvalue weighted by atomic mass is 10.1. The number of pyridine rings is 2. The van der Waals surface area contributed by atoms with Gasteiger partial charge in [-0.1, -0.05) is 31.0 Å². The van der Waals surface area contributed by atoms with Crippen LogP contribution < -0.4 is 4.80 Å². The normalized spacial score (nSPS) is 18.4. The van der Waals surface area contributed by atoms with E-state index in [1.807, 2.05) is 60.7 Å². The molecule has 0 radical (unpaired) electrons. The Morgan fingerprint density at radius 3 is 2.64 bits per heavy atom. The van der Waals surface area contributed by atoms with Crippen LogP contribution >= 0.6 is 11.3 Å². The van der Waals surface area contributed by atoms with E-state index in [1.165, 1.54) is 11.3 Å². The molecule has 1 unspecified atom stereocenters. The third-order valence-electron chi connectivity index (χ3n) is 8.21. The van der Waals surface area contributed by atoms with Crippen LogP contribution in [0.1, 0.15) is 63.6 Å². The smallest absolute Gasteiger partial charge is 0.410 e. The minimum absolute atomic E-state index is 0.00643. The molecule has 47 heavy (non-hydrogen) atoms. The summed E-state index contributed by atoms with van der Waals surface area (Å²) in [6.45, 7) is 15.8. The van der Waals surface area contributed by atoms with Crippen LogP contribution in [0.4, 0.5) is 10.6 Å². The molecule has 6 rings (SSSR count). The summed E-state index contributed by atoms with van der Waals surface area (Å²) in [7, 11) is -1.20. The minimum atomic E-state index is -1.20. The van der Waals surface area contributed by atoms with Crippen molar-refractivity contribution in [1.82, 2.24) is 34.4 Å². The fourth-order valence-corrected chi connectivity index (χ4v) is 7.30. The molecule has 0 saturated carbocycles. The molecule has 4 aromatic heterocycles. The van der Waals surface area contributed by atoms with Gasteiger partial charge in [-0.25, -0.2) is 14.5 Å². The van der Waals surface area contributed by atoms with Crippen LogP contribution in [-0.4, -0.2) is 80.5 Å². The highest BCUT2D eigenvalue weighted by Crippen LogP contribution is 2.30. The van der Waals surface area contributed by atoms with Crippen LogP contribution in [0.15, 0.2) is 41.8 Å². The second kappa shape index (κ2) is 13.9. The number of likely N-dealkylation sites (tertiary alicyclic amines) is 1. The molecule has 2 aliphatic heterocycles. The van der Waals surface area contributed by atoms with Gasteiger partial charge in [0.2, 0.25) is 4.80 Å². The van der Waals surface area contributed by atoms with Crippen LogP contribution in [0.25, 0.3) is 22.2 Å². The number of amides is 1. The summed E-state index contributed by atoms with van der Waals surface area (Å²) >= 11 is 1.53. The summed E-state index contributed by atoms with van der Waals surface area (Å²) in [5.74, 6) is 0.585. The zero-order valence-corrected chi connectivity index (χ0v) is 30.1. The van der Waals surface area contributed by atoms with Gasteiger partial charge in [-0.15, -0.1) is 0 Å². The third-order valence-corrected chi connectivity index (χ3v) is 11.0. The molecular weight excluding hydrogens is 633 g/mol. The SMILES string of the molecule is CC(C)(C)OC(=O)N1CCC(n2cc(-c3cnc4ccc(N=c5sc(C6CCCO6)nn5COCC[Si](C)(C)C)nc4c3)cn2)CC1. The molecule has 0 bridgehead atoms. The number of ether oxygens (including phenoxy) is 3. The molecule has 0 N–H and O–H groups in total. The predicted molar refractivity (Wildman–Crippen MR) is 184 cm³/mol. The van der Waals surface area contributed by atoms with Gasteiger partial charge in [0, 0.05) is 57.9 Å². The van der Waals surface area contributed by atoms with Gasteiger partial charge in [0.1, 0.15) is 23.4 Å². The Labute approximate surface area is 280 Å². The molecule has 12 nitrogen and oxygen atoms in total. The number of hydrogen-bond acceptors (Lipinski definition) is 10. The van der Waals surface area contributed by atoms with E-state index in [1.54, 1.807) is 4.90 Å². The van der Waals surface area contributed by atoms with E-state index in [9.17, 15) is 4.79 Å². The van der Waals surface area contributed by atoms with Gasteiger partial charge in [-0.3, -0.25) is 9.67 Å². The van der Waals surface area contributed by atoms with Crippen molar-refractivity contribution in [3.63, 3.8) is 0 Å². The first-order chi connectivity index (χ1) is 22.4. The topological polar surface area (TPSA) is 122 Å². The number of piperidine rings is 1. The molecule has 14 heteroatoms. The zero-order valence-electron chi connectivity index (χ0n) is 28.3. The first-order valence-electron chi connectivity index (χ1n) is 16.5. The Kier molecular flexibility index (Phi) is 9.92. The van der Waals surface area contributed by atoms with Gasteiger partial charge in [-0.2, -0.15) is 15.2 Å². The summed E-state index contributed by atoms with van der Waals surface area (Å²) in [5.41, 5.74) is 2.95. The monoisotopic (exact) mass is 678 g/mol. The van der Waals surface area contributed by atoms with Gasteiger partial charge in [0.15, 0.2) is 5.82 Å². The fraction of sp³-hybridized carbons (Fsp3) is 0.576. The van der Waals surface area contributed by atoms with E-state index in [0.29, 0.717) is 32.2 Å². The number of fused-ring (bicyclic) bond motifs is 1. The molecule has 6 heterocycles. The highest BCUT2D eigenvalue weighted by Gasteiger charge is 2.28. The largest absolute Gasteiger partial charge is 0.444 e. The van der Waals surface area contributed by atoms with Crippen molar-refractivity contribution >= 4 is 42.4 Å². The second-order valence-electron chi connectivity index (χ2n) is 14.5. The summed E-state index contributed by atoms with van der Waals surface area (Å²) < 4.78 is 21.3. The highest BCUT2D eigenvalue weighted by atomic mass is 32.1. The maximum Gasteiger partial charge on any atom is 0.410 e. The lowest BCUT2D eigenvalue weighted by Gasteiger charge is -2.33. The molecule has 1 atom stereocenters. The van der Waals surface area contributed by atoms with Gasteiger partial charge in [-0.05, 0) is 70.7 Å². The molecule has 2 aliphatic rings. The van der Waals surface area contributed by atoms with Gasteiger partial charge in [0.05, 0.1) is 23.3 Å². The lowest BCUT2D eigenvalue weighted by molar-refractivity contribution is 0.0184. The van der Waals surface area contributed by atoms with Crippen LogP contribution in [0, 0.1) is 0 Å². The molecule has 252 valence electrons. The maximum atomic E-state index is 12.5. The zero-order chi connectivity index (χ0) is 33.2. The second-order valence-corrected chi connectivity index (χ2v) is 21.1. The molecule has 4 aromatic rings. The van der Waals surface area contributed by atoms with Crippen molar-refractivity contribution in [2.75, 3.05) is 26.3 Å². The van der Waals surface area contributed by atoms with Crippen LogP contribution in [0.2, 0.25) is 25.7 Å². The molecule has 2 saturated heterocycles. The number of carbonyl (C=O) groups is 1. The van der Waals surface area contributed by atoms with E-state index in [-0.39, 0.29) is 18.2 Å². The Bertz CT molecular complexity index is 1760. The molecule has 2 fully saturated rings. The average Bonchev–Trinajstić information content (AvgIpc) is 3.80.